The van der Waals surface area contributed by atoms with Gasteiger partial charge in [0.05, 0.1) is 5.02 Å². The number of benzene rings is 1. The highest BCUT2D eigenvalue weighted by atomic mass is 35.5. The molecule has 2 amide bonds. The van der Waals surface area contributed by atoms with Crippen LogP contribution in [0.4, 0.5) is 4.39 Å². The van der Waals surface area contributed by atoms with Crippen LogP contribution in [0.25, 0.3) is 0 Å². The average Bonchev–Trinajstić information content (AvgIpc) is 2.59. The van der Waals surface area contributed by atoms with Crippen molar-refractivity contribution in [3.63, 3.8) is 0 Å². The van der Waals surface area contributed by atoms with Crippen LogP contribution in [-0.2, 0) is 4.79 Å². The number of rotatable bonds is 6. The number of nitrogens with one attached hydrogen (secondary N) is 3. The van der Waals surface area contributed by atoms with E-state index in [-0.39, 0.29) is 51.4 Å². The summed E-state index contributed by atoms with van der Waals surface area (Å²) in [6.07, 6.45) is 3.27. The van der Waals surface area contributed by atoms with Gasteiger partial charge in [-0.05, 0) is 31.4 Å². The summed E-state index contributed by atoms with van der Waals surface area (Å²) in [7, 11) is 0. The molecule has 0 unspecified atom stereocenters. The van der Waals surface area contributed by atoms with Gasteiger partial charge in [0.1, 0.15) is 17.3 Å². The summed E-state index contributed by atoms with van der Waals surface area (Å²) < 4.78 is 18.6. The van der Waals surface area contributed by atoms with Crippen molar-refractivity contribution in [2.24, 2.45) is 0 Å². The lowest BCUT2D eigenvalue weighted by atomic mass is 9.44. The highest BCUT2D eigenvalue weighted by Gasteiger charge is 2.69. The van der Waals surface area contributed by atoms with Gasteiger partial charge in [0.15, 0.2) is 12.0 Å². The van der Waals surface area contributed by atoms with Crippen molar-refractivity contribution in [1.29, 1.82) is 0 Å². The molecular formula is C19H17ClFN3O4. The van der Waals surface area contributed by atoms with Crippen molar-refractivity contribution < 1.29 is 18.7 Å². The summed E-state index contributed by atoms with van der Waals surface area (Å²) in [6, 6.07) is 6.54. The Kier molecular flexibility index (Phi) is 4.38. The highest BCUT2D eigenvalue weighted by Crippen LogP contribution is 2.60. The molecule has 3 fully saturated rings. The molecule has 146 valence electrons. The van der Waals surface area contributed by atoms with Gasteiger partial charge < -0.3 is 20.4 Å². The van der Waals surface area contributed by atoms with Gasteiger partial charge in [-0.1, -0.05) is 11.6 Å². The normalized spacial score (nSPS) is 24.5. The molecule has 1 heterocycles. The number of carbonyl (C=O) groups excluding carboxylic acids is 2. The van der Waals surface area contributed by atoms with Gasteiger partial charge in [0.25, 0.3) is 11.8 Å². The van der Waals surface area contributed by atoms with Crippen LogP contribution in [0.5, 0.6) is 5.75 Å². The summed E-state index contributed by atoms with van der Waals surface area (Å²) >= 11 is 5.60. The lowest BCUT2D eigenvalue weighted by molar-refractivity contribution is -0.141. The molecule has 1 aromatic carbocycles. The van der Waals surface area contributed by atoms with Crippen molar-refractivity contribution in [3.8, 4) is 5.75 Å². The molecule has 9 heteroatoms. The molecule has 0 saturated heterocycles. The van der Waals surface area contributed by atoms with E-state index in [9.17, 15) is 18.8 Å². The summed E-state index contributed by atoms with van der Waals surface area (Å²) in [5.41, 5.74) is -0.731. The second-order valence-corrected chi connectivity index (χ2v) is 7.80. The number of hydrogen-bond acceptors (Lipinski definition) is 4. The van der Waals surface area contributed by atoms with Gasteiger partial charge in [-0.15, -0.1) is 0 Å². The third kappa shape index (κ3) is 3.47. The molecule has 3 saturated carbocycles. The van der Waals surface area contributed by atoms with E-state index in [1.807, 2.05) is 0 Å². The minimum atomic E-state index is -0.614. The van der Waals surface area contributed by atoms with Crippen molar-refractivity contribution in [2.75, 3.05) is 6.61 Å². The monoisotopic (exact) mass is 405 g/mol. The maximum atomic E-state index is 13.4. The Balaban J connectivity index is 1.25. The third-order valence-corrected chi connectivity index (χ3v) is 5.40. The largest absolute Gasteiger partial charge is 0.484 e. The minimum absolute atomic E-state index is 0.0161. The summed E-state index contributed by atoms with van der Waals surface area (Å²) in [5.74, 6) is -1.06. The van der Waals surface area contributed by atoms with E-state index in [1.165, 1.54) is 30.5 Å². The van der Waals surface area contributed by atoms with Crippen molar-refractivity contribution in [3.05, 3.63) is 63.3 Å². The molecule has 0 atom stereocenters. The van der Waals surface area contributed by atoms with Gasteiger partial charge in [-0.25, -0.2) is 4.39 Å². The Morgan fingerprint density at radius 1 is 1.14 bits per heavy atom. The van der Waals surface area contributed by atoms with E-state index in [1.54, 1.807) is 0 Å². The average molecular weight is 406 g/mol. The first-order valence-corrected chi connectivity index (χ1v) is 9.06. The number of H-pyrrole nitrogens is 1. The molecule has 3 aliphatic carbocycles. The Hall–Kier alpha value is -2.87. The number of amides is 2. The molecule has 3 aliphatic rings. The Bertz CT molecular complexity index is 1000. The van der Waals surface area contributed by atoms with Crippen molar-refractivity contribution in [2.45, 2.75) is 30.3 Å². The SMILES string of the molecule is O=C(COc1ccc(Cl)c(F)c1)NC12CC(NC(=O)c3cc(=O)cc[nH]3)(C1)C2. The number of halogens is 2. The molecule has 2 aromatic rings. The van der Waals surface area contributed by atoms with Crippen LogP contribution in [0.2, 0.25) is 5.02 Å². The topological polar surface area (TPSA) is 100 Å². The van der Waals surface area contributed by atoms with Gasteiger partial charge >= 0.3 is 0 Å². The lowest BCUT2D eigenvalue weighted by Crippen LogP contribution is -2.84. The molecule has 0 spiro atoms. The van der Waals surface area contributed by atoms with Gasteiger partial charge in [0.2, 0.25) is 0 Å². The second-order valence-electron chi connectivity index (χ2n) is 7.40. The Morgan fingerprint density at radius 3 is 2.54 bits per heavy atom. The number of ether oxygens (including phenoxy) is 1. The Labute approximate surface area is 164 Å². The predicted octanol–water partition coefficient (Wildman–Crippen LogP) is 1.77. The van der Waals surface area contributed by atoms with Crippen LogP contribution in [0.1, 0.15) is 29.8 Å². The van der Waals surface area contributed by atoms with E-state index in [0.717, 1.165) is 6.07 Å². The zero-order chi connectivity index (χ0) is 19.9. The number of hydrogen-bond donors (Lipinski definition) is 3. The second kappa shape index (κ2) is 6.63. The smallest absolute Gasteiger partial charge is 0.268 e. The quantitative estimate of drug-likeness (QED) is 0.681. The van der Waals surface area contributed by atoms with Crippen LogP contribution >= 0.6 is 11.6 Å². The maximum Gasteiger partial charge on any atom is 0.268 e. The van der Waals surface area contributed by atoms with E-state index in [2.05, 4.69) is 15.6 Å². The zero-order valence-corrected chi connectivity index (χ0v) is 15.4. The molecule has 0 radical (unpaired) electrons. The van der Waals surface area contributed by atoms with Gasteiger partial charge in [-0.3, -0.25) is 14.4 Å². The van der Waals surface area contributed by atoms with Crippen LogP contribution < -0.4 is 20.8 Å². The fourth-order valence-corrected chi connectivity index (χ4v) is 4.10. The summed E-state index contributed by atoms with van der Waals surface area (Å²) in [5, 5.41) is 5.82. The molecule has 28 heavy (non-hydrogen) atoms. The molecule has 0 aliphatic heterocycles. The molecule has 1 aromatic heterocycles. The first kappa shape index (κ1) is 18.5. The summed E-state index contributed by atoms with van der Waals surface area (Å²) in [4.78, 5) is 38.4. The molecule has 5 rings (SSSR count). The highest BCUT2D eigenvalue weighted by molar-refractivity contribution is 6.30. The number of carbonyl (C=O) groups is 2. The van der Waals surface area contributed by atoms with Crippen LogP contribution in [0.15, 0.2) is 41.3 Å². The first-order valence-electron chi connectivity index (χ1n) is 8.68. The van der Waals surface area contributed by atoms with E-state index >= 15 is 0 Å². The number of aromatic amines is 1. The molecule has 2 bridgehead atoms. The van der Waals surface area contributed by atoms with Crippen LogP contribution in [0.3, 0.4) is 0 Å². The van der Waals surface area contributed by atoms with E-state index in [4.69, 9.17) is 16.3 Å². The first-order chi connectivity index (χ1) is 13.3. The van der Waals surface area contributed by atoms with Crippen LogP contribution in [0, 0.1) is 5.82 Å². The minimum Gasteiger partial charge on any atom is -0.484 e. The zero-order valence-electron chi connectivity index (χ0n) is 14.7. The lowest BCUT2D eigenvalue weighted by Gasteiger charge is -2.70. The number of pyridine rings is 1. The standard InChI is InChI=1S/C19H17ClFN3O4/c20-13-2-1-12(6-14(13)21)28-7-16(26)23-18-8-19(9-18,10-18)24-17(27)15-5-11(25)3-4-22-15/h1-6H,7-10H2,(H,22,25)(H,23,26)(H,24,27). The van der Waals surface area contributed by atoms with E-state index < -0.39 is 5.82 Å². The number of aromatic nitrogens is 1. The van der Waals surface area contributed by atoms with E-state index in [0.29, 0.717) is 19.3 Å². The van der Waals surface area contributed by atoms with Crippen LogP contribution in [-0.4, -0.2) is 34.5 Å². The van der Waals surface area contributed by atoms with Gasteiger partial charge in [0, 0.05) is 35.5 Å². The fourth-order valence-electron chi connectivity index (χ4n) is 3.99. The summed E-state index contributed by atoms with van der Waals surface area (Å²) in [6.45, 7) is -0.243. The van der Waals surface area contributed by atoms with Crippen molar-refractivity contribution in [1.82, 2.24) is 15.6 Å². The molecule has 3 N–H and O–H groups in total. The molecular weight excluding hydrogens is 389 g/mol. The van der Waals surface area contributed by atoms with Crippen molar-refractivity contribution >= 4 is 23.4 Å². The third-order valence-electron chi connectivity index (χ3n) is 5.09. The fraction of sp³-hybridized carbons (Fsp3) is 0.316. The predicted molar refractivity (Wildman–Crippen MR) is 98.9 cm³/mol. The Morgan fingerprint density at radius 2 is 1.86 bits per heavy atom. The maximum absolute atomic E-state index is 13.4. The molecule has 7 nitrogen and oxygen atoms in total. The van der Waals surface area contributed by atoms with Gasteiger partial charge in [-0.2, -0.15) is 0 Å².